The number of carbonyl (C=O) groups excluding carboxylic acids is 1. The Bertz CT molecular complexity index is 1150. The van der Waals surface area contributed by atoms with Gasteiger partial charge in [-0.2, -0.15) is 0 Å². The van der Waals surface area contributed by atoms with Crippen molar-refractivity contribution in [3.05, 3.63) is 83.4 Å². The summed E-state index contributed by atoms with van der Waals surface area (Å²) >= 11 is 7.93. The second-order valence-electron chi connectivity index (χ2n) is 6.99. The highest BCUT2D eigenvalue weighted by Crippen LogP contribution is 2.50. The number of para-hydroxylation sites is 2. The van der Waals surface area contributed by atoms with Gasteiger partial charge in [0.15, 0.2) is 0 Å². The van der Waals surface area contributed by atoms with Crippen LogP contribution < -0.4 is 5.32 Å². The Morgan fingerprint density at radius 2 is 1.75 bits per heavy atom. The van der Waals surface area contributed by atoms with Gasteiger partial charge in [0, 0.05) is 16.5 Å². The SMILES string of the molecule is O=C(Nc1ccccc1-c1nc2ccccc2s1)C1CC1c1ccccc1Cl. The van der Waals surface area contributed by atoms with Gasteiger partial charge >= 0.3 is 0 Å². The molecule has 1 aromatic heterocycles. The Balaban J connectivity index is 1.39. The molecular formula is C23H17ClN2OS. The molecule has 1 fully saturated rings. The molecule has 2 unspecified atom stereocenters. The number of fused-ring (bicyclic) bond motifs is 1. The van der Waals surface area contributed by atoms with E-state index in [1.165, 1.54) is 0 Å². The van der Waals surface area contributed by atoms with Crippen molar-refractivity contribution in [1.29, 1.82) is 0 Å². The van der Waals surface area contributed by atoms with E-state index in [0.717, 1.165) is 43.5 Å². The number of halogens is 1. The zero-order valence-electron chi connectivity index (χ0n) is 14.9. The summed E-state index contributed by atoms with van der Waals surface area (Å²) in [4.78, 5) is 17.6. The van der Waals surface area contributed by atoms with Gasteiger partial charge in [-0.05, 0) is 48.2 Å². The van der Waals surface area contributed by atoms with E-state index in [0.29, 0.717) is 0 Å². The number of benzene rings is 3. The molecule has 4 aromatic rings. The molecule has 1 saturated carbocycles. The summed E-state index contributed by atoms with van der Waals surface area (Å²) in [5.74, 6) is 0.199. The molecule has 0 bridgehead atoms. The molecule has 0 saturated heterocycles. The molecule has 138 valence electrons. The van der Waals surface area contributed by atoms with E-state index in [9.17, 15) is 4.79 Å². The van der Waals surface area contributed by atoms with E-state index < -0.39 is 0 Å². The number of anilines is 1. The van der Waals surface area contributed by atoms with E-state index in [2.05, 4.69) is 11.4 Å². The van der Waals surface area contributed by atoms with Crippen LogP contribution in [0.2, 0.25) is 5.02 Å². The number of hydrogen-bond donors (Lipinski definition) is 1. The Morgan fingerprint density at radius 1 is 1.00 bits per heavy atom. The Morgan fingerprint density at radius 3 is 2.61 bits per heavy atom. The number of carbonyl (C=O) groups is 1. The second kappa shape index (κ2) is 7.04. The van der Waals surface area contributed by atoms with E-state index >= 15 is 0 Å². The van der Waals surface area contributed by atoms with Crippen LogP contribution >= 0.6 is 22.9 Å². The van der Waals surface area contributed by atoms with Crippen molar-refractivity contribution < 1.29 is 4.79 Å². The highest BCUT2D eigenvalue weighted by Gasteiger charge is 2.44. The Kier molecular flexibility index (Phi) is 4.38. The molecule has 2 atom stereocenters. The number of nitrogens with zero attached hydrogens (tertiary/aromatic N) is 1. The summed E-state index contributed by atoms with van der Waals surface area (Å²) in [5, 5.41) is 4.77. The molecule has 0 radical (unpaired) electrons. The molecule has 1 N–H and O–H groups in total. The van der Waals surface area contributed by atoms with Crippen molar-refractivity contribution in [3.63, 3.8) is 0 Å². The van der Waals surface area contributed by atoms with Crippen LogP contribution in [0.3, 0.4) is 0 Å². The summed E-state index contributed by atoms with van der Waals surface area (Å²) in [6, 6.07) is 23.7. The van der Waals surface area contributed by atoms with Crippen LogP contribution in [0.25, 0.3) is 20.8 Å². The molecule has 3 nitrogen and oxygen atoms in total. The monoisotopic (exact) mass is 404 g/mol. The summed E-state index contributed by atoms with van der Waals surface area (Å²) in [6.45, 7) is 0. The van der Waals surface area contributed by atoms with Gasteiger partial charge in [-0.1, -0.05) is 54.1 Å². The molecule has 28 heavy (non-hydrogen) atoms. The molecule has 1 aliphatic rings. The first kappa shape index (κ1) is 17.4. The lowest BCUT2D eigenvalue weighted by Gasteiger charge is -2.09. The van der Waals surface area contributed by atoms with Crippen molar-refractivity contribution in [2.24, 2.45) is 5.92 Å². The van der Waals surface area contributed by atoms with Gasteiger partial charge in [0.05, 0.1) is 15.9 Å². The van der Waals surface area contributed by atoms with Gasteiger partial charge in [-0.25, -0.2) is 4.98 Å². The number of rotatable bonds is 4. The van der Waals surface area contributed by atoms with Crippen LogP contribution in [0.4, 0.5) is 5.69 Å². The highest BCUT2D eigenvalue weighted by molar-refractivity contribution is 7.21. The average molecular weight is 405 g/mol. The number of hydrogen-bond acceptors (Lipinski definition) is 3. The van der Waals surface area contributed by atoms with Crippen LogP contribution in [0.15, 0.2) is 72.8 Å². The Labute approximate surface area is 172 Å². The Hall–Kier alpha value is -2.69. The second-order valence-corrected chi connectivity index (χ2v) is 8.43. The molecule has 0 aliphatic heterocycles. The number of nitrogens with one attached hydrogen (secondary N) is 1. The first-order valence-electron chi connectivity index (χ1n) is 9.21. The zero-order chi connectivity index (χ0) is 19.1. The quantitative estimate of drug-likeness (QED) is 0.430. The van der Waals surface area contributed by atoms with Gasteiger partial charge in [0.1, 0.15) is 5.01 Å². The molecule has 1 heterocycles. The van der Waals surface area contributed by atoms with Crippen LogP contribution in [-0.2, 0) is 4.79 Å². The maximum absolute atomic E-state index is 12.9. The maximum Gasteiger partial charge on any atom is 0.228 e. The molecule has 3 aromatic carbocycles. The summed E-state index contributed by atoms with van der Waals surface area (Å²) in [7, 11) is 0. The average Bonchev–Trinajstić information content (AvgIpc) is 3.39. The largest absolute Gasteiger partial charge is 0.325 e. The fourth-order valence-electron chi connectivity index (χ4n) is 3.60. The van der Waals surface area contributed by atoms with Crippen molar-refractivity contribution in [3.8, 4) is 10.6 Å². The topological polar surface area (TPSA) is 42.0 Å². The van der Waals surface area contributed by atoms with Crippen LogP contribution in [0, 0.1) is 5.92 Å². The third kappa shape index (κ3) is 3.19. The fourth-order valence-corrected chi connectivity index (χ4v) is 4.88. The molecule has 1 aliphatic carbocycles. The van der Waals surface area contributed by atoms with E-state index in [1.807, 2.05) is 66.7 Å². The molecule has 1 amide bonds. The molecule has 0 spiro atoms. The summed E-state index contributed by atoms with van der Waals surface area (Å²) in [6.07, 6.45) is 0.832. The van der Waals surface area contributed by atoms with Crippen LogP contribution in [0.5, 0.6) is 0 Å². The van der Waals surface area contributed by atoms with Crippen molar-refractivity contribution in [2.75, 3.05) is 5.32 Å². The van der Waals surface area contributed by atoms with Gasteiger partial charge < -0.3 is 5.32 Å². The molecule has 5 heteroatoms. The minimum absolute atomic E-state index is 0.0386. The van der Waals surface area contributed by atoms with Gasteiger partial charge in [-0.3, -0.25) is 4.79 Å². The summed E-state index contributed by atoms with van der Waals surface area (Å²) < 4.78 is 1.14. The predicted molar refractivity (Wildman–Crippen MR) is 116 cm³/mol. The smallest absolute Gasteiger partial charge is 0.228 e. The number of aromatic nitrogens is 1. The highest BCUT2D eigenvalue weighted by atomic mass is 35.5. The standard InChI is InChI=1S/C23H17ClN2OS/c24-18-9-3-1-7-14(18)16-13-17(16)22(27)25-19-10-4-2-8-15(19)23-26-20-11-5-6-12-21(20)28-23/h1-12,16-17H,13H2,(H,25,27). The van der Waals surface area contributed by atoms with Crippen molar-refractivity contribution >= 4 is 44.7 Å². The lowest BCUT2D eigenvalue weighted by Crippen LogP contribution is -2.15. The molecular weight excluding hydrogens is 388 g/mol. The van der Waals surface area contributed by atoms with Crippen LogP contribution in [0.1, 0.15) is 17.9 Å². The van der Waals surface area contributed by atoms with E-state index in [1.54, 1.807) is 11.3 Å². The number of thiazole rings is 1. The molecule has 5 rings (SSSR count). The minimum atomic E-state index is -0.0386. The van der Waals surface area contributed by atoms with Crippen molar-refractivity contribution in [2.45, 2.75) is 12.3 Å². The van der Waals surface area contributed by atoms with Gasteiger partial charge in [-0.15, -0.1) is 11.3 Å². The lowest BCUT2D eigenvalue weighted by molar-refractivity contribution is -0.117. The van der Waals surface area contributed by atoms with Gasteiger partial charge in [0.25, 0.3) is 0 Å². The minimum Gasteiger partial charge on any atom is -0.325 e. The number of amides is 1. The zero-order valence-corrected chi connectivity index (χ0v) is 16.5. The first-order valence-corrected chi connectivity index (χ1v) is 10.4. The van der Waals surface area contributed by atoms with E-state index in [4.69, 9.17) is 16.6 Å². The fraction of sp³-hybridized carbons (Fsp3) is 0.130. The van der Waals surface area contributed by atoms with Crippen LogP contribution in [-0.4, -0.2) is 10.9 Å². The van der Waals surface area contributed by atoms with E-state index in [-0.39, 0.29) is 17.7 Å². The summed E-state index contributed by atoms with van der Waals surface area (Å²) in [5.41, 5.74) is 3.79. The third-order valence-corrected chi connectivity index (χ3v) is 6.56. The lowest BCUT2D eigenvalue weighted by atomic mass is 10.1. The predicted octanol–water partition coefficient (Wildman–Crippen LogP) is 6.36. The van der Waals surface area contributed by atoms with Crippen molar-refractivity contribution in [1.82, 2.24) is 4.98 Å². The third-order valence-electron chi connectivity index (χ3n) is 5.14. The van der Waals surface area contributed by atoms with Gasteiger partial charge in [0.2, 0.25) is 5.91 Å². The first-order chi connectivity index (χ1) is 13.7. The normalized spacial score (nSPS) is 18.2. The maximum atomic E-state index is 12.9.